The van der Waals surface area contributed by atoms with Crippen LogP contribution in [0.1, 0.15) is 58.4 Å². The maximum Gasteiger partial charge on any atom is 0.410 e. The summed E-state index contributed by atoms with van der Waals surface area (Å²) < 4.78 is 5.53. The summed E-state index contributed by atoms with van der Waals surface area (Å²) in [6.07, 6.45) is 3.77. The number of carbonyl (C=O) groups is 4. The lowest BCUT2D eigenvalue weighted by atomic mass is 9.71. The molecule has 2 aliphatic rings. The number of nitrogens with one attached hydrogen (secondary N) is 1. The summed E-state index contributed by atoms with van der Waals surface area (Å²) in [5, 5.41) is 12.2. The minimum absolute atomic E-state index is 0.142. The van der Waals surface area contributed by atoms with Gasteiger partial charge in [0.25, 0.3) is 0 Å². The fraction of sp³-hybridized carbons (Fsp3) is 0.630. The van der Waals surface area contributed by atoms with Crippen molar-refractivity contribution in [1.29, 1.82) is 0 Å². The summed E-state index contributed by atoms with van der Waals surface area (Å²) in [5.41, 5.74) is -0.632. The summed E-state index contributed by atoms with van der Waals surface area (Å²) in [7, 11) is 0. The second-order valence-electron chi connectivity index (χ2n) is 10.8. The van der Waals surface area contributed by atoms with E-state index in [4.69, 9.17) is 4.74 Å². The highest BCUT2D eigenvalue weighted by Crippen LogP contribution is 2.39. The van der Waals surface area contributed by atoms with Gasteiger partial charge in [-0.2, -0.15) is 11.8 Å². The van der Waals surface area contributed by atoms with Gasteiger partial charge < -0.3 is 25.0 Å². The van der Waals surface area contributed by atoms with Gasteiger partial charge in [-0.3, -0.25) is 9.59 Å². The molecule has 0 saturated carbocycles. The molecule has 2 unspecified atom stereocenters. The summed E-state index contributed by atoms with van der Waals surface area (Å²) in [4.78, 5) is 55.0. The van der Waals surface area contributed by atoms with Crippen LogP contribution in [-0.2, 0) is 24.5 Å². The lowest BCUT2D eigenvalue weighted by molar-refractivity contribution is -0.146. The number of piperidine rings is 1. The standard InChI is InChI=1S/C27H39N3O6S/c1-26(2,3)36-25(35)29-16-13-27(14-17-29,19-9-6-5-7-10-19)24(34)30-15-8-11-21(30)22(31)28-20(23(32)33)12-18-37-4/h5-7,9-10,20-21H,8,11-18H2,1-4H3,(H,28,31)(H,32,33). The van der Waals surface area contributed by atoms with Gasteiger partial charge in [-0.15, -0.1) is 0 Å². The number of ether oxygens (including phenoxy) is 1. The average molecular weight is 534 g/mol. The van der Waals surface area contributed by atoms with Crippen LogP contribution in [0.15, 0.2) is 30.3 Å². The zero-order valence-corrected chi connectivity index (χ0v) is 23.0. The fourth-order valence-corrected chi connectivity index (χ4v) is 5.57. The van der Waals surface area contributed by atoms with Crippen molar-refractivity contribution in [3.05, 3.63) is 35.9 Å². The topological polar surface area (TPSA) is 116 Å². The van der Waals surface area contributed by atoms with E-state index in [1.165, 1.54) is 11.8 Å². The van der Waals surface area contributed by atoms with Gasteiger partial charge in [0.2, 0.25) is 11.8 Å². The average Bonchev–Trinajstić information content (AvgIpc) is 3.35. The maximum atomic E-state index is 14.2. The van der Waals surface area contributed by atoms with Crippen molar-refractivity contribution in [2.75, 3.05) is 31.6 Å². The number of benzene rings is 1. The summed E-state index contributed by atoms with van der Waals surface area (Å²) in [5.74, 6) is -1.03. The van der Waals surface area contributed by atoms with E-state index >= 15 is 0 Å². The van der Waals surface area contributed by atoms with Gasteiger partial charge in [0.1, 0.15) is 17.7 Å². The number of hydrogen-bond donors (Lipinski definition) is 2. The van der Waals surface area contributed by atoms with Crippen LogP contribution < -0.4 is 5.32 Å². The number of nitrogens with zero attached hydrogens (tertiary/aromatic N) is 2. The van der Waals surface area contributed by atoms with Gasteiger partial charge in [0, 0.05) is 19.6 Å². The van der Waals surface area contributed by atoms with Gasteiger partial charge in [0.15, 0.2) is 0 Å². The van der Waals surface area contributed by atoms with Crippen molar-refractivity contribution >= 4 is 35.6 Å². The molecule has 3 amide bonds. The third kappa shape index (κ3) is 6.97. The molecular weight excluding hydrogens is 494 g/mol. The van der Waals surface area contributed by atoms with Crippen LogP contribution in [0.4, 0.5) is 4.79 Å². The molecule has 0 bridgehead atoms. The fourth-order valence-electron chi connectivity index (χ4n) is 5.10. The molecule has 0 radical (unpaired) electrons. The molecule has 2 aliphatic heterocycles. The van der Waals surface area contributed by atoms with Crippen molar-refractivity contribution in [2.24, 2.45) is 0 Å². The Kier molecular flexibility index (Phi) is 9.50. The Bertz CT molecular complexity index is 972. The van der Waals surface area contributed by atoms with Crippen LogP contribution in [-0.4, -0.2) is 88.1 Å². The number of aliphatic carboxylic acids is 1. The monoisotopic (exact) mass is 533 g/mol. The first-order valence-electron chi connectivity index (χ1n) is 12.8. The molecule has 37 heavy (non-hydrogen) atoms. The minimum Gasteiger partial charge on any atom is -0.480 e. The van der Waals surface area contributed by atoms with Crippen LogP contribution in [0.5, 0.6) is 0 Å². The Morgan fingerprint density at radius 2 is 1.78 bits per heavy atom. The Morgan fingerprint density at radius 3 is 2.35 bits per heavy atom. The molecule has 2 saturated heterocycles. The molecule has 2 fully saturated rings. The third-order valence-corrected chi connectivity index (χ3v) is 7.69. The number of hydrogen-bond acceptors (Lipinski definition) is 6. The van der Waals surface area contributed by atoms with Gasteiger partial charge in [-0.25, -0.2) is 9.59 Å². The molecule has 1 aromatic carbocycles. The number of likely N-dealkylation sites (tertiary alicyclic amines) is 2. The van der Waals surface area contributed by atoms with Crippen molar-refractivity contribution in [3.8, 4) is 0 Å². The summed E-state index contributed by atoms with van der Waals surface area (Å²) >= 11 is 1.52. The van der Waals surface area contributed by atoms with E-state index in [1.807, 2.05) is 57.4 Å². The van der Waals surface area contributed by atoms with Gasteiger partial charge in [-0.1, -0.05) is 30.3 Å². The second kappa shape index (κ2) is 12.2. The van der Waals surface area contributed by atoms with E-state index in [9.17, 15) is 24.3 Å². The highest BCUT2D eigenvalue weighted by atomic mass is 32.2. The predicted octanol–water partition coefficient (Wildman–Crippen LogP) is 3.27. The molecule has 0 aliphatic carbocycles. The molecule has 9 nitrogen and oxygen atoms in total. The zero-order chi connectivity index (χ0) is 27.2. The first-order valence-corrected chi connectivity index (χ1v) is 14.2. The Balaban J connectivity index is 1.81. The molecule has 10 heteroatoms. The summed E-state index contributed by atoms with van der Waals surface area (Å²) in [6, 6.07) is 7.82. The Morgan fingerprint density at radius 1 is 1.14 bits per heavy atom. The third-order valence-electron chi connectivity index (χ3n) is 7.05. The predicted molar refractivity (Wildman–Crippen MR) is 142 cm³/mol. The van der Waals surface area contributed by atoms with Crippen LogP contribution in [0.3, 0.4) is 0 Å². The van der Waals surface area contributed by atoms with Crippen LogP contribution in [0.2, 0.25) is 0 Å². The molecule has 0 spiro atoms. The second-order valence-corrected chi connectivity index (χ2v) is 11.7. The lowest BCUT2D eigenvalue weighted by Crippen LogP contribution is -2.58. The largest absolute Gasteiger partial charge is 0.480 e. The normalized spacial score (nSPS) is 20.3. The number of carboxylic acids is 1. The van der Waals surface area contributed by atoms with Crippen LogP contribution in [0, 0.1) is 0 Å². The highest BCUT2D eigenvalue weighted by molar-refractivity contribution is 7.98. The van der Waals surface area contributed by atoms with Crippen molar-refractivity contribution in [1.82, 2.24) is 15.1 Å². The quantitative estimate of drug-likeness (QED) is 0.527. The van der Waals surface area contributed by atoms with Gasteiger partial charge >= 0.3 is 12.1 Å². The van der Waals surface area contributed by atoms with Crippen molar-refractivity contribution in [3.63, 3.8) is 0 Å². The minimum atomic E-state index is -1.08. The van der Waals surface area contributed by atoms with Gasteiger partial charge in [0.05, 0.1) is 5.41 Å². The number of thioether (sulfide) groups is 1. The molecule has 204 valence electrons. The van der Waals surface area contributed by atoms with E-state index in [2.05, 4.69) is 5.32 Å². The molecule has 1 aromatic rings. The van der Waals surface area contributed by atoms with E-state index in [-0.39, 0.29) is 5.91 Å². The number of amides is 3. The Hall–Kier alpha value is -2.75. The van der Waals surface area contributed by atoms with E-state index < -0.39 is 41.1 Å². The lowest BCUT2D eigenvalue weighted by Gasteiger charge is -2.44. The molecule has 2 heterocycles. The van der Waals surface area contributed by atoms with Crippen molar-refractivity contribution < 1.29 is 29.0 Å². The van der Waals surface area contributed by atoms with Crippen LogP contribution in [0.25, 0.3) is 0 Å². The number of rotatable bonds is 8. The molecule has 0 aromatic heterocycles. The van der Waals surface area contributed by atoms with Crippen LogP contribution >= 0.6 is 11.8 Å². The molecular formula is C27H39N3O6S. The molecule has 2 atom stereocenters. The first kappa shape index (κ1) is 28.8. The summed E-state index contributed by atoms with van der Waals surface area (Å²) in [6.45, 7) is 6.61. The smallest absolute Gasteiger partial charge is 0.410 e. The Labute approximate surface area is 223 Å². The maximum absolute atomic E-state index is 14.2. The molecule has 2 N–H and O–H groups in total. The zero-order valence-electron chi connectivity index (χ0n) is 22.2. The molecule has 3 rings (SSSR count). The first-order chi connectivity index (χ1) is 17.5. The van der Waals surface area contributed by atoms with Gasteiger partial charge in [-0.05, 0) is 70.4 Å². The SMILES string of the molecule is CSCCC(NC(=O)C1CCCN1C(=O)C1(c2ccccc2)CCN(C(=O)OC(C)(C)C)CC1)C(=O)O. The van der Waals surface area contributed by atoms with E-state index in [0.717, 1.165) is 5.56 Å². The van der Waals surface area contributed by atoms with E-state index in [0.29, 0.717) is 57.5 Å². The van der Waals surface area contributed by atoms with Crippen molar-refractivity contribution in [2.45, 2.75) is 76.0 Å². The van der Waals surface area contributed by atoms with E-state index in [1.54, 1.807) is 9.80 Å². The number of carbonyl (C=O) groups excluding carboxylic acids is 3. The number of carboxylic acid groups (broad SMARTS) is 1. The highest BCUT2D eigenvalue weighted by Gasteiger charge is 2.49.